The molecule has 0 fully saturated rings. The maximum absolute atomic E-state index is 11.2. The van der Waals surface area contributed by atoms with Crippen LogP contribution < -0.4 is 4.89 Å². The van der Waals surface area contributed by atoms with Gasteiger partial charge >= 0.3 is 0 Å². The highest BCUT2D eigenvalue weighted by Crippen LogP contribution is 2.16. The summed E-state index contributed by atoms with van der Waals surface area (Å²) >= 11 is 1.09. The molecule has 0 saturated carbocycles. The van der Waals surface area contributed by atoms with Crippen LogP contribution in [0.2, 0.25) is 0 Å². The number of sulfonamides is 1. The fourth-order valence-corrected chi connectivity index (χ4v) is 2.51. The largest absolute Gasteiger partial charge is 0.290 e. The summed E-state index contributed by atoms with van der Waals surface area (Å²) in [5.41, 5.74) is 0. The summed E-state index contributed by atoms with van der Waals surface area (Å²) < 4.78 is 22.5. The van der Waals surface area contributed by atoms with E-state index in [1.807, 2.05) is 4.89 Å². The van der Waals surface area contributed by atoms with E-state index in [2.05, 4.69) is 9.82 Å². The highest BCUT2D eigenvalue weighted by atomic mass is 32.2. The van der Waals surface area contributed by atoms with Crippen molar-refractivity contribution in [3.8, 4) is 0 Å². The number of rotatable bonds is 3. The first-order valence-electron chi connectivity index (χ1n) is 3.03. The highest BCUT2D eigenvalue weighted by Gasteiger charge is 2.15. The van der Waals surface area contributed by atoms with Crippen molar-refractivity contribution in [1.29, 1.82) is 0 Å². The van der Waals surface area contributed by atoms with Crippen molar-refractivity contribution in [3.63, 3.8) is 0 Å². The van der Waals surface area contributed by atoms with Crippen molar-refractivity contribution in [2.24, 2.45) is 0 Å². The second-order valence-electron chi connectivity index (χ2n) is 1.99. The average Bonchev–Trinajstić information content (AvgIpc) is 2.36. The lowest BCUT2D eigenvalue weighted by atomic mass is 10.8. The number of nitrogens with one attached hydrogen (secondary N) is 1. The molecular weight excluding hydrogens is 200 g/mol. The minimum atomic E-state index is -3.51. The van der Waals surface area contributed by atoms with Gasteiger partial charge in [-0.2, -0.15) is 0 Å². The lowest BCUT2D eigenvalue weighted by molar-refractivity contribution is 0.153. The van der Waals surface area contributed by atoms with Crippen molar-refractivity contribution in [3.05, 3.63) is 11.2 Å². The zero-order valence-electron chi connectivity index (χ0n) is 6.57. The van der Waals surface area contributed by atoms with Crippen LogP contribution in [-0.2, 0) is 14.9 Å². The second-order valence-corrected chi connectivity index (χ2v) is 5.10. The Morgan fingerprint density at radius 2 is 2.33 bits per heavy atom. The van der Waals surface area contributed by atoms with Gasteiger partial charge in [0.05, 0.1) is 18.3 Å². The van der Waals surface area contributed by atoms with Gasteiger partial charge in [-0.25, -0.2) is 13.4 Å². The van der Waals surface area contributed by atoms with E-state index in [4.69, 9.17) is 0 Å². The lowest BCUT2D eigenvalue weighted by Gasteiger charge is -1.98. The van der Waals surface area contributed by atoms with Gasteiger partial charge in [0.1, 0.15) is 0 Å². The molecule has 1 heterocycles. The van der Waals surface area contributed by atoms with Crippen molar-refractivity contribution in [1.82, 2.24) is 9.87 Å². The van der Waals surface area contributed by atoms with E-state index in [-0.39, 0.29) is 4.21 Å². The topological polar surface area (TPSA) is 68.3 Å². The zero-order chi connectivity index (χ0) is 9.19. The lowest BCUT2D eigenvalue weighted by Crippen LogP contribution is -2.21. The summed E-state index contributed by atoms with van der Waals surface area (Å²) in [6, 6.07) is 0. The molecule has 12 heavy (non-hydrogen) atoms. The standard InChI is InChI=1S/C5H8N2O3S2/c1-4-6-3-5(11-4)12(8,9)7-10-2/h3,7H,1-2H3. The van der Waals surface area contributed by atoms with Gasteiger partial charge in [-0.3, -0.25) is 4.84 Å². The molecule has 1 aromatic heterocycles. The van der Waals surface area contributed by atoms with Crippen molar-refractivity contribution >= 4 is 21.4 Å². The van der Waals surface area contributed by atoms with Crippen LogP contribution in [0.5, 0.6) is 0 Å². The first-order chi connectivity index (χ1) is 5.56. The number of nitrogens with zero attached hydrogens (tertiary/aromatic N) is 1. The molecular formula is C5H8N2O3S2. The third kappa shape index (κ3) is 2.01. The molecule has 0 bridgehead atoms. The van der Waals surface area contributed by atoms with Crippen LogP contribution in [-0.4, -0.2) is 20.5 Å². The summed E-state index contributed by atoms with van der Waals surface area (Å²) in [5.74, 6) is 0. The van der Waals surface area contributed by atoms with Gasteiger partial charge in [-0.1, -0.05) is 4.89 Å². The average molecular weight is 208 g/mol. The molecule has 1 N–H and O–H groups in total. The Bertz CT molecular complexity index is 357. The molecule has 7 heteroatoms. The molecule has 0 aliphatic carbocycles. The van der Waals surface area contributed by atoms with Crippen LogP contribution in [0.25, 0.3) is 0 Å². The van der Waals surface area contributed by atoms with E-state index < -0.39 is 10.0 Å². The van der Waals surface area contributed by atoms with E-state index in [0.717, 1.165) is 11.3 Å². The molecule has 1 rings (SSSR count). The van der Waals surface area contributed by atoms with Crippen molar-refractivity contribution in [2.45, 2.75) is 11.1 Å². The number of aryl methyl sites for hydroxylation is 1. The van der Waals surface area contributed by atoms with E-state index in [1.54, 1.807) is 6.92 Å². The molecule has 0 saturated heterocycles. The Hall–Kier alpha value is -0.500. The third-order valence-corrected chi connectivity index (χ3v) is 3.69. The molecule has 0 atom stereocenters. The van der Waals surface area contributed by atoms with Gasteiger partial charge in [-0.05, 0) is 6.92 Å². The predicted octanol–water partition coefficient (Wildman–Crippen LogP) is 0.291. The van der Waals surface area contributed by atoms with Crippen molar-refractivity contribution < 1.29 is 13.3 Å². The molecule has 1 aromatic rings. The van der Waals surface area contributed by atoms with Crippen LogP contribution in [0.1, 0.15) is 5.01 Å². The van der Waals surface area contributed by atoms with E-state index in [0.29, 0.717) is 5.01 Å². The maximum atomic E-state index is 11.2. The van der Waals surface area contributed by atoms with Gasteiger partial charge in [0.15, 0.2) is 4.21 Å². The summed E-state index contributed by atoms with van der Waals surface area (Å²) in [7, 11) is -2.26. The van der Waals surface area contributed by atoms with Gasteiger partial charge in [-0.15, -0.1) is 11.3 Å². The number of thiazole rings is 1. The minimum absolute atomic E-state index is 0.154. The molecule has 68 valence electrons. The molecule has 0 amide bonds. The van der Waals surface area contributed by atoms with Crippen molar-refractivity contribution in [2.75, 3.05) is 7.11 Å². The SMILES string of the molecule is CONS(=O)(=O)c1cnc(C)s1. The Balaban J connectivity index is 2.98. The van der Waals surface area contributed by atoms with Crippen LogP contribution >= 0.6 is 11.3 Å². The van der Waals surface area contributed by atoms with E-state index in [9.17, 15) is 8.42 Å². The Kier molecular flexibility index (Phi) is 2.78. The quantitative estimate of drug-likeness (QED) is 0.725. The molecule has 5 nitrogen and oxygen atoms in total. The molecule has 0 aliphatic heterocycles. The normalized spacial score (nSPS) is 11.8. The van der Waals surface area contributed by atoms with Crippen LogP contribution in [0, 0.1) is 6.92 Å². The van der Waals surface area contributed by atoms with E-state index >= 15 is 0 Å². The van der Waals surface area contributed by atoms with E-state index in [1.165, 1.54) is 13.3 Å². The molecule has 0 aliphatic rings. The highest BCUT2D eigenvalue weighted by molar-refractivity contribution is 7.91. The van der Waals surface area contributed by atoms with Crippen LogP contribution in [0.4, 0.5) is 0 Å². The fourth-order valence-electron chi connectivity index (χ4n) is 0.617. The molecule has 0 unspecified atom stereocenters. The van der Waals surface area contributed by atoms with Gasteiger partial charge < -0.3 is 0 Å². The maximum Gasteiger partial charge on any atom is 0.273 e. The van der Waals surface area contributed by atoms with Gasteiger partial charge in [0.25, 0.3) is 10.0 Å². The summed E-state index contributed by atoms with van der Waals surface area (Å²) in [6.07, 6.45) is 1.29. The Labute approximate surface area is 74.4 Å². The number of hydrogen-bond acceptors (Lipinski definition) is 5. The molecule has 0 radical (unpaired) electrons. The number of hydrogen-bond donors (Lipinski definition) is 1. The van der Waals surface area contributed by atoms with Gasteiger partial charge in [0.2, 0.25) is 0 Å². The summed E-state index contributed by atoms with van der Waals surface area (Å²) in [5, 5.41) is 0.700. The zero-order valence-corrected chi connectivity index (χ0v) is 8.20. The fraction of sp³-hybridized carbons (Fsp3) is 0.400. The number of aromatic nitrogens is 1. The summed E-state index contributed by atoms with van der Waals surface area (Å²) in [6.45, 7) is 1.73. The molecule has 0 spiro atoms. The third-order valence-electron chi connectivity index (χ3n) is 1.06. The summed E-state index contributed by atoms with van der Waals surface area (Å²) in [4.78, 5) is 10.0. The second kappa shape index (κ2) is 3.48. The first kappa shape index (κ1) is 9.59. The minimum Gasteiger partial charge on any atom is -0.290 e. The van der Waals surface area contributed by atoms with Gasteiger partial charge in [0, 0.05) is 0 Å². The Morgan fingerprint density at radius 1 is 1.67 bits per heavy atom. The Morgan fingerprint density at radius 3 is 2.75 bits per heavy atom. The van der Waals surface area contributed by atoms with Crippen LogP contribution in [0.3, 0.4) is 0 Å². The van der Waals surface area contributed by atoms with Crippen LogP contribution in [0.15, 0.2) is 10.4 Å². The predicted molar refractivity (Wildman–Crippen MR) is 44.2 cm³/mol. The first-order valence-corrected chi connectivity index (χ1v) is 5.33. The molecule has 0 aromatic carbocycles. The monoisotopic (exact) mass is 208 g/mol. The smallest absolute Gasteiger partial charge is 0.273 e.